The SMILES string of the molecule is N#Cc1ccc(=O)n2c1sc1ccccc12. The molecule has 0 bridgehead atoms. The van der Waals surface area contributed by atoms with Crippen LogP contribution >= 0.6 is 11.3 Å². The van der Waals surface area contributed by atoms with Crippen LogP contribution in [-0.4, -0.2) is 4.40 Å². The highest BCUT2D eigenvalue weighted by Crippen LogP contribution is 2.26. The molecule has 0 unspecified atom stereocenters. The molecule has 0 fully saturated rings. The maximum Gasteiger partial charge on any atom is 0.256 e. The molecule has 0 atom stereocenters. The number of para-hydroxylation sites is 1. The number of pyridine rings is 1. The lowest BCUT2D eigenvalue weighted by Crippen LogP contribution is -2.10. The highest BCUT2D eigenvalue weighted by Gasteiger charge is 2.09. The lowest BCUT2D eigenvalue weighted by atomic mass is 10.3. The second kappa shape index (κ2) is 3.19. The van der Waals surface area contributed by atoms with E-state index >= 15 is 0 Å². The summed E-state index contributed by atoms with van der Waals surface area (Å²) in [7, 11) is 0. The largest absolute Gasteiger partial charge is 0.269 e. The Labute approximate surface area is 94.8 Å². The van der Waals surface area contributed by atoms with E-state index in [4.69, 9.17) is 5.26 Å². The third-order valence-electron chi connectivity index (χ3n) is 2.48. The van der Waals surface area contributed by atoms with Gasteiger partial charge in [-0.05, 0) is 18.2 Å². The topological polar surface area (TPSA) is 45.3 Å². The number of nitrogens with zero attached hydrogens (tertiary/aromatic N) is 2. The van der Waals surface area contributed by atoms with E-state index in [1.165, 1.54) is 17.4 Å². The summed E-state index contributed by atoms with van der Waals surface area (Å²) in [5.74, 6) is 0. The van der Waals surface area contributed by atoms with Crippen molar-refractivity contribution in [2.45, 2.75) is 0 Å². The highest BCUT2D eigenvalue weighted by molar-refractivity contribution is 7.24. The minimum Gasteiger partial charge on any atom is -0.269 e. The molecule has 1 aromatic carbocycles. The normalized spacial score (nSPS) is 10.7. The molecule has 0 spiro atoms. The van der Waals surface area contributed by atoms with Crippen LogP contribution in [0.15, 0.2) is 41.2 Å². The van der Waals surface area contributed by atoms with Crippen LogP contribution in [0, 0.1) is 11.3 Å². The molecule has 16 heavy (non-hydrogen) atoms. The van der Waals surface area contributed by atoms with E-state index in [2.05, 4.69) is 6.07 Å². The van der Waals surface area contributed by atoms with Crippen LogP contribution in [0.3, 0.4) is 0 Å². The Morgan fingerprint density at radius 1 is 1.19 bits per heavy atom. The van der Waals surface area contributed by atoms with E-state index in [1.807, 2.05) is 24.3 Å². The molecule has 0 saturated carbocycles. The number of hydrogen-bond donors (Lipinski definition) is 0. The molecule has 0 aliphatic heterocycles. The molecule has 0 radical (unpaired) electrons. The average molecular weight is 226 g/mol. The third kappa shape index (κ3) is 1.09. The second-order valence-electron chi connectivity index (χ2n) is 3.41. The van der Waals surface area contributed by atoms with Gasteiger partial charge in [0.1, 0.15) is 10.9 Å². The summed E-state index contributed by atoms with van der Waals surface area (Å²) in [4.78, 5) is 12.5. The van der Waals surface area contributed by atoms with Crippen LogP contribution in [0.2, 0.25) is 0 Å². The van der Waals surface area contributed by atoms with Crippen LogP contribution in [0.4, 0.5) is 0 Å². The van der Waals surface area contributed by atoms with E-state index in [-0.39, 0.29) is 5.56 Å². The minimum atomic E-state index is -0.0912. The molecule has 0 aliphatic rings. The Kier molecular flexibility index (Phi) is 1.82. The van der Waals surface area contributed by atoms with E-state index < -0.39 is 0 Å². The summed E-state index contributed by atoms with van der Waals surface area (Å²) in [6, 6.07) is 12.8. The van der Waals surface area contributed by atoms with Crippen LogP contribution in [0.1, 0.15) is 5.56 Å². The quantitative estimate of drug-likeness (QED) is 0.590. The van der Waals surface area contributed by atoms with Crippen molar-refractivity contribution in [3.63, 3.8) is 0 Å². The van der Waals surface area contributed by atoms with Crippen molar-refractivity contribution in [2.75, 3.05) is 0 Å². The van der Waals surface area contributed by atoms with Gasteiger partial charge in [-0.2, -0.15) is 5.26 Å². The minimum absolute atomic E-state index is 0.0912. The Balaban J connectivity index is 2.70. The van der Waals surface area contributed by atoms with E-state index in [9.17, 15) is 4.79 Å². The summed E-state index contributed by atoms with van der Waals surface area (Å²) < 4.78 is 2.61. The van der Waals surface area contributed by atoms with Gasteiger partial charge in [0.25, 0.3) is 5.56 Å². The third-order valence-corrected chi connectivity index (χ3v) is 3.64. The number of rotatable bonds is 0. The molecule has 0 amide bonds. The molecular formula is C12H6N2OS. The van der Waals surface area contributed by atoms with Crippen molar-refractivity contribution in [1.82, 2.24) is 4.40 Å². The zero-order chi connectivity index (χ0) is 11.1. The Morgan fingerprint density at radius 3 is 2.81 bits per heavy atom. The molecule has 3 aromatic rings. The molecule has 76 valence electrons. The monoisotopic (exact) mass is 226 g/mol. The lowest BCUT2D eigenvalue weighted by Gasteiger charge is -1.94. The van der Waals surface area contributed by atoms with E-state index in [0.717, 1.165) is 15.0 Å². The summed E-state index contributed by atoms with van der Waals surface area (Å²) in [5.41, 5.74) is 1.32. The number of hydrogen-bond acceptors (Lipinski definition) is 3. The molecule has 2 aromatic heterocycles. The van der Waals surface area contributed by atoms with Crippen molar-refractivity contribution in [3.05, 3.63) is 52.3 Å². The van der Waals surface area contributed by atoms with Crippen molar-refractivity contribution in [2.24, 2.45) is 0 Å². The Morgan fingerprint density at radius 2 is 2.00 bits per heavy atom. The van der Waals surface area contributed by atoms with Gasteiger partial charge in [0.15, 0.2) is 0 Å². The van der Waals surface area contributed by atoms with Crippen molar-refractivity contribution < 1.29 is 0 Å². The van der Waals surface area contributed by atoms with E-state index in [1.54, 1.807) is 10.5 Å². The van der Waals surface area contributed by atoms with Crippen LogP contribution in [-0.2, 0) is 0 Å². The summed E-state index contributed by atoms with van der Waals surface area (Å²) in [6.07, 6.45) is 0. The first kappa shape index (κ1) is 9.13. The number of aromatic nitrogens is 1. The summed E-state index contributed by atoms with van der Waals surface area (Å²) in [6.45, 7) is 0. The first-order valence-electron chi connectivity index (χ1n) is 4.74. The van der Waals surface area contributed by atoms with Crippen molar-refractivity contribution >= 4 is 26.4 Å². The fourth-order valence-electron chi connectivity index (χ4n) is 1.77. The van der Waals surface area contributed by atoms with Gasteiger partial charge in [0, 0.05) is 6.07 Å². The van der Waals surface area contributed by atoms with Crippen LogP contribution in [0.5, 0.6) is 0 Å². The van der Waals surface area contributed by atoms with Crippen LogP contribution in [0.25, 0.3) is 15.0 Å². The van der Waals surface area contributed by atoms with Gasteiger partial charge in [-0.25, -0.2) is 0 Å². The molecule has 2 heterocycles. The predicted molar refractivity (Wildman–Crippen MR) is 63.8 cm³/mol. The zero-order valence-electron chi connectivity index (χ0n) is 8.18. The molecular weight excluding hydrogens is 220 g/mol. The van der Waals surface area contributed by atoms with Gasteiger partial charge in [-0.15, -0.1) is 11.3 Å². The maximum atomic E-state index is 11.8. The number of benzene rings is 1. The van der Waals surface area contributed by atoms with Gasteiger partial charge in [-0.1, -0.05) is 12.1 Å². The Bertz CT molecular complexity index is 792. The molecule has 3 nitrogen and oxygen atoms in total. The van der Waals surface area contributed by atoms with Gasteiger partial charge < -0.3 is 0 Å². The first-order chi connectivity index (χ1) is 7.81. The maximum absolute atomic E-state index is 11.8. The second-order valence-corrected chi connectivity index (χ2v) is 4.44. The zero-order valence-corrected chi connectivity index (χ0v) is 8.99. The fraction of sp³-hybridized carbons (Fsp3) is 0. The predicted octanol–water partition coefficient (Wildman–Crippen LogP) is 2.39. The number of thiazole rings is 1. The standard InChI is InChI=1S/C12H6N2OS/c13-7-8-5-6-11(15)14-9-3-1-2-4-10(9)16-12(8)14/h1-6H. The molecule has 0 N–H and O–H groups in total. The van der Waals surface area contributed by atoms with Gasteiger partial charge in [0.2, 0.25) is 0 Å². The van der Waals surface area contributed by atoms with Crippen molar-refractivity contribution in [3.8, 4) is 6.07 Å². The van der Waals surface area contributed by atoms with Crippen LogP contribution < -0.4 is 5.56 Å². The molecule has 0 aliphatic carbocycles. The summed E-state index contributed by atoms with van der Waals surface area (Å²) in [5, 5.41) is 8.99. The number of nitriles is 1. The first-order valence-corrected chi connectivity index (χ1v) is 5.56. The van der Waals surface area contributed by atoms with Gasteiger partial charge in [-0.3, -0.25) is 9.20 Å². The molecule has 4 heteroatoms. The summed E-state index contributed by atoms with van der Waals surface area (Å²) >= 11 is 1.47. The van der Waals surface area contributed by atoms with Crippen molar-refractivity contribution in [1.29, 1.82) is 5.26 Å². The van der Waals surface area contributed by atoms with Gasteiger partial charge in [0.05, 0.1) is 15.8 Å². The molecule has 0 saturated heterocycles. The smallest absolute Gasteiger partial charge is 0.256 e. The molecule has 3 rings (SSSR count). The highest BCUT2D eigenvalue weighted by atomic mass is 32.1. The Hall–Kier alpha value is -2.12. The van der Waals surface area contributed by atoms with E-state index in [0.29, 0.717) is 5.56 Å². The number of fused-ring (bicyclic) bond motifs is 3. The average Bonchev–Trinajstić information content (AvgIpc) is 2.69. The lowest BCUT2D eigenvalue weighted by molar-refractivity contribution is 1.17. The van der Waals surface area contributed by atoms with Gasteiger partial charge >= 0.3 is 0 Å². The fourth-order valence-corrected chi connectivity index (χ4v) is 2.89.